The van der Waals surface area contributed by atoms with Crippen LogP contribution in [0.5, 0.6) is 11.5 Å². The molecule has 0 amide bonds. The Balaban J connectivity index is 1.47. The molecule has 0 aliphatic carbocycles. The molecule has 0 saturated heterocycles. The van der Waals surface area contributed by atoms with Crippen molar-refractivity contribution in [1.29, 1.82) is 0 Å². The van der Waals surface area contributed by atoms with Crippen molar-refractivity contribution >= 4 is 11.9 Å². The monoisotopic (exact) mass is 582 g/mol. The van der Waals surface area contributed by atoms with Gasteiger partial charge in [-0.15, -0.1) is 0 Å². The number of ether oxygens (including phenoxy) is 4. The quantitative estimate of drug-likeness (QED) is 0.0858. The highest BCUT2D eigenvalue weighted by Gasteiger charge is 2.03. The largest absolute Gasteiger partial charge is 0.494 e. The van der Waals surface area contributed by atoms with Crippen molar-refractivity contribution in [3.05, 3.63) is 48.5 Å². The third kappa shape index (κ3) is 17.1. The van der Waals surface area contributed by atoms with Gasteiger partial charge >= 0.3 is 11.9 Å². The molecule has 0 N–H and O–H groups in total. The Bertz CT molecular complexity index is 874. The zero-order valence-electron chi connectivity index (χ0n) is 26.2. The Morgan fingerprint density at radius 3 is 1.02 bits per heavy atom. The van der Waals surface area contributed by atoms with Crippen molar-refractivity contribution in [2.24, 2.45) is 0 Å². The molecule has 0 bridgehead atoms. The van der Waals surface area contributed by atoms with Gasteiger partial charge in [0.25, 0.3) is 0 Å². The van der Waals surface area contributed by atoms with Crippen LogP contribution in [0.25, 0.3) is 11.1 Å². The maximum Gasteiger partial charge on any atom is 0.305 e. The van der Waals surface area contributed by atoms with E-state index in [0.717, 1.165) is 63.2 Å². The lowest BCUT2D eigenvalue weighted by atomic mass is 10.1. The lowest BCUT2D eigenvalue weighted by Gasteiger charge is -2.09. The van der Waals surface area contributed by atoms with Crippen molar-refractivity contribution in [1.82, 2.24) is 0 Å². The fourth-order valence-electron chi connectivity index (χ4n) is 4.94. The molecule has 0 heterocycles. The molecule has 6 heteroatoms. The normalized spacial score (nSPS) is 10.8. The van der Waals surface area contributed by atoms with Crippen LogP contribution in [0.4, 0.5) is 0 Å². The van der Waals surface area contributed by atoms with Crippen LogP contribution in [-0.4, -0.2) is 39.4 Å². The van der Waals surface area contributed by atoms with Gasteiger partial charge in [0.2, 0.25) is 0 Å². The SMILES string of the molecule is COC(=O)CCCCCCCCCCOc1ccc(-c2ccc(OCCCCCCCCCCC(=O)OC)cc2)cc1. The molecule has 0 saturated carbocycles. The van der Waals surface area contributed by atoms with E-state index in [4.69, 9.17) is 9.47 Å². The van der Waals surface area contributed by atoms with Crippen molar-refractivity contribution in [2.45, 2.75) is 116 Å². The van der Waals surface area contributed by atoms with Gasteiger partial charge in [-0.3, -0.25) is 9.59 Å². The molecular weight excluding hydrogens is 528 g/mol. The number of carbonyl (C=O) groups excluding carboxylic acids is 2. The first-order valence-electron chi connectivity index (χ1n) is 16.2. The number of hydrogen-bond donors (Lipinski definition) is 0. The minimum absolute atomic E-state index is 0.101. The molecular formula is C36H54O6. The number of benzene rings is 2. The van der Waals surface area contributed by atoms with Gasteiger partial charge in [-0.2, -0.15) is 0 Å². The summed E-state index contributed by atoms with van der Waals surface area (Å²) in [6, 6.07) is 16.7. The van der Waals surface area contributed by atoms with Gasteiger partial charge in [-0.05, 0) is 61.1 Å². The number of esters is 2. The average molecular weight is 583 g/mol. The summed E-state index contributed by atoms with van der Waals surface area (Å²) in [5.74, 6) is 1.64. The van der Waals surface area contributed by atoms with Crippen LogP contribution in [0, 0.1) is 0 Å². The minimum Gasteiger partial charge on any atom is -0.494 e. The second-order valence-corrected chi connectivity index (χ2v) is 11.1. The predicted molar refractivity (Wildman–Crippen MR) is 170 cm³/mol. The first-order valence-corrected chi connectivity index (χ1v) is 16.2. The van der Waals surface area contributed by atoms with E-state index in [1.54, 1.807) is 0 Å². The van der Waals surface area contributed by atoms with E-state index >= 15 is 0 Å². The molecule has 0 aromatic heterocycles. The molecule has 2 aromatic carbocycles. The number of hydrogen-bond acceptors (Lipinski definition) is 6. The molecule has 0 atom stereocenters. The van der Waals surface area contributed by atoms with Crippen LogP contribution < -0.4 is 9.47 Å². The Morgan fingerprint density at radius 2 is 0.714 bits per heavy atom. The Hall–Kier alpha value is -3.02. The van der Waals surface area contributed by atoms with Crippen LogP contribution in [0.15, 0.2) is 48.5 Å². The molecule has 0 unspecified atom stereocenters. The molecule has 0 spiro atoms. The number of rotatable bonds is 25. The lowest BCUT2D eigenvalue weighted by Crippen LogP contribution is -1.99. The summed E-state index contributed by atoms with van der Waals surface area (Å²) < 4.78 is 21.2. The van der Waals surface area contributed by atoms with E-state index in [-0.39, 0.29) is 11.9 Å². The van der Waals surface area contributed by atoms with Crippen molar-refractivity contribution in [3.8, 4) is 22.6 Å². The first-order chi connectivity index (χ1) is 20.6. The van der Waals surface area contributed by atoms with Gasteiger partial charge in [0.1, 0.15) is 11.5 Å². The average Bonchev–Trinajstić information content (AvgIpc) is 3.02. The number of carbonyl (C=O) groups is 2. The van der Waals surface area contributed by atoms with Gasteiger partial charge < -0.3 is 18.9 Å². The van der Waals surface area contributed by atoms with E-state index in [1.807, 2.05) is 0 Å². The van der Waals surface area contributed by atoms with Gasteiger partial charge in [0, 0.05) is 12.8 Å². The zero-order chi connectivity index (χ0) is 30.1. The highest BCUT2D eigenvalue weighted by molar-refractivity contribution is 5.69. The number of unbranched alkanes of at least 4 members (excludes halogenated alkanes) is 14. The molecule has 0 fully saturated rings. The van der Waals surface area contributed by atoms with E-state index in [0.29, 0.717) is 12.8 Å². The molecule has 2 rings (SSSR count). The maximum atomic E-state index is 11.1. The second kappa shape index (κ2) is 23.5. The van der Waals surface area contributed by atoms with Crippen LogP contribution >= 0.6 is 0 Å². The Kier molecular flexibility index (Phi) is 19.7. The smallest absolute Gasteiger partial charge is 0.305 e. The third-order valence-electron chi connectivity index (χ3n) is 7.59. The molecule has 42 heavy (non-hydrogen) atoms. The highest BCUT2D eigenvalue weighted by Crippen LogP contribution is 2.25. The summed E-state index contributed by atoms with van der Waals surface area (Å²) in [6.07, 6.45) is 19.5. The van der Waals surface area contributed by atoms with Crippen LogP contribution in [0.3, 0.4) is 0 Å². The highest BCUT2D eigenvalue weighted by atomic mass is 16.5. The molecule has 0 aliphatic heterocycles. The van der Waals surface area contributed by atoms with Gasteiger partial charge in [0.15, 0.2) is 0 Å². The summed E-state index contributed by atoms with van der Waals surface area (Å²) >= 11 is 0. The lowest BCUT2D eigenvalue weighted by molar-refractivity contribution is -0.141. The Morgan fingerprint density at radius 1 is 0.429 bits per heavy atom. The summed E-state index contributed by atoms with van der Waals surface area (Å²) in [4.78, 5) is 22.2. The van der Waals surface area contributed by atoms with Gasteiger partial charge in [-0.25, -0.2) is 0 Å². The third-order valence-corrected chi connectivity index (χ3v) is 7.59. The van der Waals surface area contributed by atoms with E-state index in [2.05, 4.69) is 58.0 Å². The minimum atomic E-state index is -0.101. The second-order valence-electron chi connectivity index (χ2n) is 11.1. The van der Waals surface area contributed by atoms with Crippen LogP contribution in [-0.2, 0) is 19.1 Å². The summed E-state index contributed by atoms with van der Waals surface area (Å²) in [5.41, 5.74) is 2.34. The molecule has 234 valence electrons. The maximum absolute atomic E-state index is 11.1. The first kappa shape index (κ1) is 35.2. The standard InChI is InChI=1S/C36H54O6/c1-39-35(37)19-15-11-7-3-5-9-13-17-29-41-33-25-21-31(22-26-33)32-23-27-34(28-24-32)42-30-18-14-10-6-4-8-12-16-20-36(38)40-2/h21-28H,3-20,29-30H2,1-2H3. The van der Waals surface area contributed by atoms with E-state index in [9.17, 15) is 9.59 Å². The topological polar surface area (TPSA) is 71.1 Å². The summed E-state index contributed by atoms with van der Waals surface area (Å²) in [5, 5.41) is 0. The predicted octanol–water partition coefficient (Wildman–Crippen LogP) is 9.48. The fraction of sp³-hybridized carbons (Fsp3) is 0.611. The van der Waals surface area contributed by atoms with Crippen LogP contribution in [0.2, 0.25) is 0 Å². The van der Waals surface area contributed by atoms with E-state index in [1.165, 1.54) is 89.6 Å². The molecule has 6 nitrogen and oxygen atoms in total. The van der Waals surface area contributed by atoms with Gasteiger partial charge in [-0.1, -0.05) is 101 Å². The van der Waals surface area contributed by atoms with Crippen LogP contribution in [0.1, 0.15) is 116 Å². The molecule has 0 aliphatic rings. The number of methoxy groups -OCH3 is 2. The summed E-state index contributed by atoms with van der Waals surface area (Å²) in [7, 11) is 2.90. The van der Waals surface area contributed by atoms with Gasteiger partial charge in [0.05, 0.1) is 27.4 Å². The summed E-state index contributed by atoms with van der Waals surface area (Å²) in [6.45, 7) is 1.51. The van der Waals surface area contributed by atoms with E-state index < -0.39 is 0 Å². The van der Waals surface area contributed by atoms with Crippen molar-refractivity contribution < 1.29 is 28.5 Å². The Labute approximate surface area is 254 Å². The van der Waals surface area contributed by atoms with Crippen molar-refractivity contribution in [3.63, 3.8) is 0 Å². The van der Waals surface area contributed by atoms with Crippen molar-refractivity contribution in [2.75, 3.05) is 27.4 Å². The zero-order valence-corrected chi connectivity index (χ0v) is 26.2. The fourth-order valence-corrected chi connectivity index (χ4v) is 4.94. The molecule has 2 aromatic rings. The molecule has 0 radical (unpaired) electrons.